The monoisotopic (exact) mass is 263 g/mol. The van der Waals surface area contributed by atoms with Crippen molar-refractivity contribution in [3.05, 3.63) is 11.9 Å². The minimum atomic E-state index is 0.657. The van der Waals surface area contributed by atoms with E-state index in [2.05, 4.69) is 41.8 Å². The highest BCUT2D eigenvalue weighted by Crippen LogP contribution is 2.35. The summed E-state index contributed by atoms with van der Waals surface area (Å²) in [5.41, 5.74) is 1.14. The van der Waals surface area contributed by atoms with Gasteiger partial charge in [-0.1, -0.05) is 39.5 Å². The SMILES string of the molecule is CCCCNc1nc(C)cn1C1CCCC(CC)C1. The second kappa shape index (κ2) is 6.97. The smallest absolute Gasteiger partial charge is 0.203 e. The standard InChI is InChI=1S/C16H29N3/c1-4-6-10-17-16-18-13(3)12-19(16)15-9-7-8-14(5-2)11-15/h12,14-15H,4-11H2,1-3H3,(H,17,18). The molecule has 0 aliphatic heterocycles. The maximum absolute atomic E-state index is 4.66. The quantitative estimate of drug-likeness (QED) is 0.763. The summed E-state index contributed by atoms with van der Waals surface area (Å²) in [5.74, 6) is 2.00. The molecule has 0 bridgehead atoms. The number of unbranched alkanes of at least 4 members (excludes halogenated alkanes) is 1. The molecule has 19 heavy (non-hydrogen) atoms. The van der Waals surface area contributed by atoms with Crippen LogP contribution in [0.4, 0.5) is 5.95 Å². The first-order valence-electron chi connectivity index (χ1n) is 8.03. The van der Waals surface area contributed by atoms with Crippen molar-refractivity contribution in [3.8, 4) is 0 Å². The molecule has 2 unspecified atom stereocenters. The molecule has 2 rings (SSSR count). The van der Waals surface area contributed by atoms with E-state index in [9.17, 15) is 0 Å². The van der Waals surface area contributed by atoms with Crippen LogP contribution in [0.25, 0.3) is 0 Å². The molecule has 0 radical (unpaired) electrons. The van der Waals surface area contributed by atoms with Gasteiger partial charge in [-0.25, -0.2) is 4.98 Å². The van der Waals surface area contributed by atoms with Crippen LogP contribution in [0, 0.1) is 12.8 Å². The number of anilines is 1. The van der Waals surface area contributed by atoms with Gasteiger partial charge in [-0.2, -0.15) is 0 Å². The van der Waals surface area contributed by atoms with Gasteiger partial charge in [0.05, 0.1) is 5.69 Å². The van der Waals surface area contributed by atoms with Gasteiger partial charge in [0.2, 0.25) is 5.95 Å². The molecule has 0 aromatic carbocycles. The van der Waals surface area contributed by atoms with Crippen molar-refractivity contribution in [2.75, 3.05) is 11.9 Å². The van der Waals surface area contributed by atoms with Crippen molar-refractivity contribution >= 4 is 5.95 Å². The maximum atomic E-state index is 4.66. The number of imidazole rings is 1. The Labute approximate surface area is 117 Å². The molecule has 1 fully saturated rings. The fraction of sp³-hybridized carbons (Fsp3) is 0.812. The molecular formula is C16H29N3. The summed E-state index contributed by atoms with van der Waals surface area (Å²) >= 11 is 0. The van der Waals surface area contributed by atoms with Crippen LogP contribution >= 0.6 is 0 Å². The van der Waals surface area contributed by atoms with Crippen LogP contribution in [0.15, 0.2) is 6.20 Å². The number of nitrogens with zero attached hydrogens (tertiary/aromatic N) is 2. The second-order valence-corrected chi connectivity index (χ2v) is 5.99. The average molecular weight is 263 g/mol. The Bertz CT molecular complexity index is 383. The van der Waals surface area contributed by atoms with Gasteiger partial charge in [0.25, 0.3) is 0 Å². The van der Waals surface area contributed by atoms with Crippen LogP contribution in [-0.2, 0) is 0 Å². The maximum Gasteiger partial charge on any atom is 0.203 e. The molecule has 1 heterocycles. The first-order valence-corrected chi connectivity index (χ1v) is 8.03. The van der Waals surface area contributed by atoms with E-state index < -0.39 is 0 Å². The molecule has 1 N–H and O–H groups in total. The van der Waals surface area contributed by atoms with E-state index in [1.54, 1.807) is 0 Å². The fourth-order valence-electron chi connectivity index (χ4n) is 3.19. The largest absolute Gasteiger partial charge is 0.356 e. The highest BCUT2D eigenvalue weighted by atomic mass is 15.2. The Hall–Kier alpha value is -0.990. The molecule has 3 heteroatoms. The van der Waals surface area contributed by atoms with Gasteiger partial charge >= 0.3 is 0 Å². The van der Waals surface area contributed by atoms with Crippen molar-refractivity contribution in [1.29, 1.82) is 0 Å². The Balaban J connectivity index is 2.05. The lowest BCUT2D eigenvalue weighted by Crippen LogP contribution is -2.20. The normalized spacial score (nSPS) is 23.5. The number of rotatable bonds is 6. The summed E-state index contributed by atoms with van der Waals surface area (Å²) in [7, 11) is 0. The minimum absolute atomic E-state index is 0.657. The average Bonchev–Trinajstić information content (AvgIpc) is 2.80. The van der Waals surface area contributed by atoms with Gasteiger partial charge in [-0.05, 0) is 32.1 Å². The molecule has 1 aliphatic rings. The van der Waals surface area contributed by atoms with Crippen LogP contribution in [0.5, 0.6) is 0 Å². The molecule has 3 nitrogen and oxygen atoms in total. The van der Waals surface area contributed by atoms with Crippen molar-refractivity contribution in [3.63, 3.8) is 0 Å². The van der Waals surface area contributed by atoms with Crippen LogP contribution < -0.4 is 5.32 Å². The van der Waals surface area contributed by atoms with E-state index in [1.165, 1.54) is 44.9 Å². The van der Waals surface area contributed by atoms with E-state index in [-0.39, 0.29) is 0 Å². The lowest BCUT2D eigenvalue weighted by atomic mass is 9.84. The molecule has 2 atom stereocenters. The van der Waals surface area contributed by atoms with Gasteiger partial charge in [-0.15, -0.1) is 0 Å². The van der Waals surface area contributed by atoms with Gasteiger partial charge < -0.3 is 9.88 Å². The Morgan fingerprint density at radius 2 is 2.21 bits per heavy atom. The van der Waals surface area contributed by atoms with Crippen molar-refractivity contribution in [2.45, 2.75) is 71.8 Å². The number of nitrogens with one attached hydrogen (secondary N) is 1. The molecule has 108 valence electrons. The van der Waals surface area contributed by atoms with E-state index in [0.29, 0.717) is 6.04 Å². The summed E-state index contributed by atoms with van der Waals surface area (Å²) in [6.07, 6.45) is 11.4. The van der Waals surface area contributed by atoms with Crippen molar-refractivity contribution < 1.29 is 0 Å². The number of aromatic nitrogens is 2. The Morgan fingerprint density at radius 1 is 1.37 bits per heavy atom. The van der Waals surface area contributed by atoms with Crippen molar-refractivity contribution in [2.24, 2.45) is 5.92 Å². The Morgan fingerprint density at radius 3 is 2.95 bits per heavy atom. The summed E-state index contributed by atoms with van der Waals surface area (Å²) in [6, 6.07) is 0.657. The zero-order valence-electron chi connectivity index (χ0n) is 12.8. The summed E-state index contributed by atoms with van der Waals surface area (Å²) in [5, 5.41) is 3.52. The number of hydrogen-bond acceptors (Lipinski definition) is 2. The Kier molecular flexibility index (Phi) is 5.29. The molecule has 0 spiro atoms. The van der Waals surface area contributed by atoms with Crippen LogP contribution in [0.1, 0.15) is 70.5 Å². The third-order valence-corrected chi connectivity index (χ3v) is 4.39. The van der Waals surface area contributed by atoms with Crippen molar-refractivity contribution in [1.82, 2.24) is 9.55 Å². The lowest BCUT2D eigenvalue weighted by Gasteiger charge is -2.30. The fourth-order valence-corrected chi connectivity index (χ4v) is 3.19. The molecule has 1 aromatic heterocycles. The van der Waals surface area contributed by atoms with E-state index in [1.807, 2.05) is 0 Å². The van der Waals surface area contributed by atoms with Crippen LogP contribution in [0.3, 0.4) is 0 Å². The van der Waals surface area contributed by atoms with Gasteiger partial charge in [0.1, 0.15) is 0 Å². The third-order valence-electron chi connectivity index (χ3n) is 4.39. The van der Waals surface area contributed by atoms with Crippen LogP contribution in [-0.4, -0.2) is 16.1 Å². The molecule has 1 aliphatic carbocycles. The third kappa shape index (κ3) is 3.74. The highest BCUT2D eigenvalue weighted by Gasteiger charge is 2.23. The molecule has 0 saturated heterocycles. The van der Waals surface area contributed by atoms with Gasteiger partial charge in [0, 0.05) is 18.8 Å². The molecule has 1 aromatic rings. The predicted molar refractivity (Wildman–Crippen MR) is 81.6 cm³/mol. The van der Waals surface area contributed by atoms with E-state index >= 15 is 0 Å². The zero-order chi connectivity index (χ0) is 13.7. The molecule has 0 amide bonds. The predicted octanol–water partition coefficient (Wildman–Crippen LogP) is 4.54. The topological polar surface area (TPSA) is 29.9 Å². The van der Waals surface area contributed by atoms with Crippen LogP contribution in [0.2, 0.25) is 0 Å². The summed E-state index contributed by atoms with van der Waals surface area (Å²) in [4.78, 5) is 4.66. The zero-order valence-corrected chi connectivity index (χ0v) is 12.8. The second-order valence-electron chi connectivity index (χ2n) is 5.99. The molecule has 1 saturated carbocycles. The van der Waals surface area contributed by atoms with Gasteiger partial charge in [-0.3, -0.25) is 0 Å². The number of aryl methyl sites for hydroxylation is 1. The summed E-state index contributed by atoms with van der Waals surface area (Å²) < 4.78 is 2.41. The lowest BCUT2D eigenvalue weighted by molar-refractivity contribution is 0.263. The van der Waals surface area contributed by atoms with Gasteiger partial charge in [0.15, 0.2) is 0 Å². The first-order chi connectivity index (χ1) is 9.24. The summed E-state index contributed by atoms with van der Waals surface area (Å²) in [6.45, 7) is 7.69. The highest BCUT2D eigenvalue weighted by molar-refractivity contribution is 5.29. The van der Waals surface area contributed by atoms with E-state index in [0.717, 1.165) is 24.1 Å². The minimum Gasteiger partial charge on any atom is -0.356 e. The first kappa shape index (κ1) is 14.4. The number of hydrogen-bond donors (Lipinski definition) is 1. The van der Waals surface area contributed by atoms with E-state index in [4.69, 9.17) is 0 Å². The molecular weight excluding hydrogens is 234 g/mol.